The number of allylic oxidation sites excluding steroid dienone is 2. The molecule has 1 aliphatic rings. The number of Topliss-reactive ketones (excluding diaryl/α,β-unsaturated/α-hetero) is 1. The van der Waals surface area contributed by atoms with Gasteiger partial charge >= 0.3 is 0 Å². The van der Waals surface area contributed by atoms with Crippen molar-refractivity contribution < 1.29 is 9.63 Å². The Morgan fingerprint density at radius 1 is 0.870 bits per heavy atom. The van der Waals surface area contributed by atoms with Crippen LogP contribution in [0.4, 0.5) is 0 Å². The van der Waals surface area contributed by atoms with E-state index < -0.39 is 0 Å². The average molecular weight is 305 g/mol. The van der Waals surface area contributed by atoms with Crippen LogP contribution in [0.5, 0.6) is 0 Å². The molecule has 0 saturated carbocycles. The number of ketones is 1. The SMILES string of the molecule is CC1=C(C)/C(=N/OCc2ccc(C)cc2)c2ccccc2C1=O. The van der Waals surface area contributed by atoms with Crippen molar-refractivity contribution in [2.45, 2.75) is 27.4 Å². The van der Waals surface area contributed by atoms with Gasteiger partial charge in [-0.25, -0.2) is 0 Å². The number of fused-ring (bicyclic) bond motifs is 1. The van der Waals surface area contributed by atoms with Crippen molar-refractivity contribution in [2.24, 2.45) is 5.16 Å². The summed E-state index contributed by atoms with van der Waals surface area (Å²) in [5, 5.41) is 4.31. The molecule has 0 atom stereocenters. The molecule has 3 nitrogen and oxygen atoms in total. The zero-order valence-corrected chi connectivity index (χ0v) is 13.6. The van der Waals surface area contributed by atoms with Gasteiger partial charge < -0.3 is 4.84 Å². The minimum Gasteiger partial charge on any atom is -0.390 e. The molecule has 0 aliphatic heterocycles. The molecule has 0 amide bonds. The summed E-state index contributed by atoms with van der Waals surface area (Å²) in [4.78, 5) is 17.9. The second-order valence-electron chi connectivity index (χ2n) is 5.82. The van der Waals surface area contributed by atoms with E-state index in [4.69, 9.17) is 4.84 Å². The van der Waals surface area contributed by atoms with Gasteiger partial charge in [0.1, 0.15) is 12.3 Å². The predicted molar refractivity (Wildman–Crippen MR) is 91.7 cm³/mol. The Bertz CT molecular complexity index is 814. The maximum absolute atomic E-state index is 12.3. The molecule has 0 saturated heterocycles. The van der Waals surface area contributed by atoms with Crippen molar-refractivity contribution >= 4 is 11.5 Å². The van der Waals surface area contributed by atoms with Gasteiger partial charge in [0.05, 0.1) is 0 Å². The van der Waals surface area contributed by atoms with E-state index in [1.165, 1.54) is 5.56 Å². The number of nitrogens with zero attached hydrogens (tertiary/aromatic N) is 1. The lowest BCUT2D eigenvalue weighted by Gasteiger charge is -2.19. The molecular formula is C20H19NO2. The van der Waals surface area contributed by atoms with E-state index in [9.17, 15) is 4.79 Å². The minimum atomic E-state index is 0.0654. The van der Waals surface area contributed by atoms with Crippen LogP contribution in [-0.4, -0.2) is 11.5 Å². The van der Waals surface area contributed by atoms with Crippen LogP contribution in [-0.2, 0) is 11.4 Å². The fraction of sp³-hybridized carbons (Fsp3) is 0.200. The molecule has 0 heterocycles. The fourth-order valence-electron chi connectivity index (χ4n) is 2.61. The third kappa shape index (κ3) is 2.95. The highest BCUT2D eigenvalue weighted by atomic mass is 16.6. The molecule has 2 aromatic carbocycles. The van der Waals surface area contributed by atoms with Crippen LogP contribution < -0.4 is 0 Å². The summed E-state index contributed by atoms with van der Waals surface area (Å²) >= 11 is 0. The van der Waals surface area contributed by atoms with E-state index in [2.05, 4.69) is 24.2 Å². The molecule has 1 aliphatic carbocycles. The Morgan fingerprint density at radius 2 is 1.52 bits per heavy atom. The lowest BCUT2D eigenvalue weighted by Crippen LogP contribution is -2.20. The Hall–Kier alpha value is -2.68. The van der Waals surface area contributed by atoms with E-state index in [0.717, 1.165) is 28.0 Å². The molecular weight excluding hydrogens is 286 g/mol. The highest BCUT2D eigenvalue weighted by molar-refractivity contribution is 6.28. The second-order valence-corrected chi connectivity index (χ2v) is 5.82. The van der Waals surface area contributed by atoms with E-state index in [1.54, 1.807) is 0 Å². The van der Waals surface area contributed by atoms with E-state index >= 15 is 0 Å². The summed E-state index contributed by atoms with van der Waals surface area (Å²) < 4.78 is 0. The van der Waals surface area contributed by atoms with Gasteiger partial charge in [-0.3, -0.25) is 4.79 Å². The maximum Gasteiger partial charge on any atom is 0.189 e. The van der Waals surface area contributed by atoms with Crippen LogP contribution in [0.1, 0.15) is 40.9 Å². The first-order chi connectivity index (χ1) is 11.1. The molecule has 3 rings (SSSR count). The third-order valence-corrected chi connectivity index (χ3v) is 4.19. The number of oxime groups is 1. The number of carbonyl (C=O) groups is 1. The quantitative estimate of drug-likeness (QED) is 0.786. The van der Waals surface area contributed by atoms with Crippen molar-refractivity contribution in [3.8, 4) is 0 Å². The highest BCUT2D eigenvalue weighted by Crippen LogP contribution is 2.26. The lowest BCUT2D eigenvalue weighted by atomic mass is 9.85. The predicted octanol–water partition coefficient (Wildman–Crippen LogP) is 4.45. The normalized spacial score (nSPS) is 15.8. The second kappa shape index (κ2) is 6.21. The molecule has 116 valence electrons. The van der Waals surface area contributed by atoms with Crippen molar-refractivity contribution in [1.29, 1.82) is 0 Å². The van der Waals surface area contributed by atoms with Crippen LogP contribution in [0.15, 0.2) is 64.8 Å². The first-order valence-electron chi connectivity index (χ1n) is 7.65. The minimum absolute atomic E-state index is 0.0654. The van der Waals surface area contributed by atoms with Crippen LogP contribution in [0.2, 0.25) is 0 Å². The van der Waals surface area contributed by atoms with Gasteiger partial charge in [-0.15, -0.1) is 0 Å². The molecule has 0 unspecified atom stereocenters. The van der Waals surface area contributed by atoms with Crippen molar-refractivity contribution in [2.75, 3.05) is 0 Å². The molecule has 0 spiro atoms. The monoisotopic (exact) mass is 305 g/mol. The third-order valence-electron chi connectivity index (χ3n) is 4.19. The topological polar surface area (TPSA) is 38.7 Å². The Balaban J connectivity index is 1.88. The standard InChI is InChI=1S/C20H19NO2/c1-13-8-10-16(11-9-13)12-23-21-19-14(2)15(3)20(22)18-7-5-4-6-17(18)19/h4-11H,12H2,1-3H3/b21-19-. The number of rotatable bonds is 3. The molecule has 23 heavy (non-hydrogen) atoms. The van der Waals surface area contributed by atoms with E-state index in [0.29, 0.717) is 12.2 Å². The van der Waals surface area contributed by atoms with Crippen LogP contribution >= 0.6 is 0 Å². The number of hydrogen-bond donors (Lipinski definition) is 0. The van der Waals surface area contributed by atoms with Crippen LogP contribution in [0, 0.1) is 6.92 Å². The fourth-order valence-corrected chi connectivity index (χ4v) is 2.61. The first-order valence-corrected chi connectivity index (χ1v) is 7.65. The smallest absolute Gasteiger partial charge is 0.189 e. The summed E-state index contributed by atoms with van der Waals surface area (Å²) in [6.07, 6.45) is 0. The Kier molecular flexibility index (Phi) is 4.11. The summed E-state index contributed by atoms with van der Waals surface area (Å²) in [6.45, 7) is 6.21. The Labute approximate surface area is 136 Å². The zero-order chi connectivity index (χ0) is 16.4. The van der Waals surface area contributed by atoms with Gasteiger partial charge in [0.15, 0.2) is 5.78 Å². The molecule has 0 fully saturated rings. The van der Waals surface area contributed by atoms with Gasteiger partial charge in [-0.1, -0.05) is 59.3 Å². The van der Waals surface area contributed by atoms with Gasteiger partial charge in [0, 0.05) is 16.7 Å². The highest BCUT2D eigenvalue weighted by Gasteiger charge is 2.26. The maximum atomic E-state index is 12.3. The summed E-state index contributed by atoms with van der Waals surface area (Å²) in [5.41, 5.74) is 6.15. The molecule has 0 bridgehead atoms. The molecule has 0 aromatic heterocycles. The molecule has 0 radical (unpaired) electrons. The summed E-state index contributed by atoms with van der Waals surface area (Å²) in [5.74, 6) is 0.0654. The number of hydrogen-bond acceptors (Lipinski definition) is 3. The van der Waals surface area contributed by atoms with Gasteiger partial charge in [-0.2, -0.15) is 0 Å². The Morgan fingerprint density at radius 3 is 2.22 bits per heavy atom. The largest absolute Gasteiger partial charge is 0.390 e. The van der Waals surface area contributed by atoms with E-state index in [-0.39, 0.29) is 5.78 Å². The van der Waals surface area contributed by atoms with Gasteiger partial charge in [0.2, 0.25) is 0 Å². The number of aryl methyl sites for hydroxylation is 1. The van der Waals surface area contributed by atoms with Crippen LogP contribution in [0.25, 0.3) is 0 Å². The first kappa shape index (κ1) is 15.2. The van der Waals surface area contributed by atoms with Crippen LogP contribution in [0.3, 0.4) is 0 Å². The number of carbonyl (C=O) groups excluding carboxylic acids is 1. The molecule has 2 aromatic rings. The molecule has 3 heteroatoms. The van der Waals surface area contributed by atoms with Crippen molar-refractivity contribution in [3.63, 3.8) is 0 Å². The lowest BCUT2D eigenvalue weighted by molar-refractivity contribution is 0.103. The summed E-state index contributed by atoms with van der Waals surface area (Å²) in [7, 11) is 0. The molecule has 0 N–H and O–H groups in total. The average Bonchev–Trinajstić information content (AvgIpc) is 2.57. The summed E-state index contributed by atoms with van der Waals surface area (Å²) in [6, 6.07) is 15.7. The van der Waals surface area contributed by atoms with E-state index in [1.807, 2.05) is 50.2 Å². The van der Waals surface area contributed by atoms with Gasteiger partial charge in [0.25, 0.3) is 0 Å². The van der Waals surface area contributed by atoms with Gasteiger partial charge in [-0.05, 0) is 31.9 Å². The van der Waals surface area contributed by atoms with Crippen molar-refractivity contribution in [3.05, 3.63) is 81.9 Å². The van der Waals surface area contributed by atoms with Crippen molar-refractivity contribution in [1.82, 2.24) is 0 Å². The zero-order valence-electron chi connectivity index (χ0n) is 13.6. The number of benzene rings is 2.